The first kappa shape index (κ1) is 15.3. The predicted molar refractivity (Wildman–Crippen MR) is 80.5 cm³/mol. The third kappa shape index (κ3) is 3.49. The van der Waals surface area contributed by atoms with Crippen LogP contribution in [0.1, 0.15) is 26.2 Å². The first-order valence-corrected chi connectivity index (χ1v) is 7.44. The summed E-state index contributed by atoms with van der Waals surface area (Å²) in [4.78, 5) is 2.03. The van der Waals surface area contributed by atoms with Gasteiger partial charge in [-0.3, -0.25) is 0 Å². The maximum atomic E-state index is 13.3. The van der Waals surface area contributed by atoms with Gasteiger partial charge in [0.25, 0.3) is 0 Å². The molecule has 1 fully saturated rings. The summed E-state index contributed by atoms with van der Waals surface area (Å²) in [5, 5.41) is 13.4. The van der Waals surface area contributed by atoms with E-state index in [-0.39, 0.29) is 18.0 Å². The molecule has 0 radical (unpaired) electrons. The Morgan fingerprint density at radius 2 is 2.20 bits per heavy atom. The molecular formula is C16H25FN2O. The standard InChI is InChI=1S/C16H25FN2O/c1-3-9-18-16(12-20,13-7-8-13)11-19(2)15-6-4-5-14(17)10-15/h4-6,10,13,18,20H,3,7-9,11-12H2,1-2H3. The van der Waals surface area contributed by atoms with Crippen molar-refractivity contribution < 1.29 is 9.50 Å². The Morgan fingerprint density at radius 1 is 1.45 bits per heavy atom. The maximum absolute atomic E-state index is 13.3. The second kappa shape index (κ2) is 6.55. The van der Waals surface area contributed by atoms with Gasteiger partial charge in [0.1, 0.15) is 5.82 Å². The van der Waals surface area contributed by atoms with Crippen molar-refractivity contribution >= 4 is 5.69 Å². The van der Waals surface area contributed by atoms with Crippen LogP contribution >= 0.6 is 0 Å². The molecule has 1 saturated carbocycles. The highest BCUT2D eigenvalue weighted by molar-refractivity contribution is 5.46. The fraction of sp³-hybridized carbons (Fsp3) is 0.625. The van der Waals surface area contributed by atoms with Crippen LogP contribution in [0, 0.1) is 11.7 Å². The van der Waals surface area contributed by atoms with Gasteiger partial charge in [-0.15, -0.1) is 0 Å². The minimum atomic E-state index is -0.267. The highest BCUT2D eigenvalue weighted by Gasteiger charge is 2.45. The second-order valence-corrected chi connectivity index (χ2v) is 5.85. The number of rotatable bonds is 8. The van der Waals surface area contributed by atoms with Crippen molar-refractivity contribution in [1.29, 1.82) is 0 Å². The molecule has 1 unspecified atom stereocenters. The van der Waals surface area contributed by atoms with Crippen LogP contribution in [0.5, 0.6) is 0 Å². The second-order valence-electron chi connectivity index (χ2n) is 5.85. The number of aliphatic hydroxyl groups is 1. The predicted octanol–water partition coefficient (Wildman–Crippen LogP) is 2.40. The van der Waals surface area contributed by atoms with E-state index in [1.807, 2.05) is 18.0 Å². The molecule has 0 heterocycles. The van der Waals surface area contributed by atoms with Crippen molar-refractivity contribution in [3.8, 4) is 0 Å². The molecule has 1 aliphatic rings. The van der Waals surface area contributed by atoms with E-state index in [9.17, 15) is 9.50 Å². The van der Waals surface area contributed by atoms with Crippen molar-refractivity contribution in [2.45, 2.75) is 31.7 Å². The van der Waals surface area contributed by atoms with E-state index in [0.717, 1.165) is 31.5 Å². The molecule has 0 saturated heterocycles. The van der Waals surface area contributed by atoms with Crippen molar-refractivity contribution in [2.24, 2.45) is 5.92 Å². The summed E-state index contributed by atoms with van der Waals surface area (Å²) in [7, 11) is 1.95. The van der Waals surface area contributed by atoms with Crippen molar-refractivity contribution in [2.75, 3.05) is 31.6 Å². The number of hydrogen-bond acceptors (Lipinski definition) is 3. The molecule has 2 rings (SSSR count). The van der Waals surface area contributed by atoms with Crippen LogP contribution in [-0.4, -0.2) is 37.4 Å². The molecule has 1 atom stereocenters. The molecule has 112 valence electrons. The number of anilines is 1. The highest BCUT2D eigenvalue weighted by Crippen LogP contribution is 2.40. The minimum Gasteiger partial charge on any atom is -0.394 e. The van der Waals surface area contributed by atoms with Gasteiger partial charge in [0, 0.05) is 19.3 Å². The van der Waals surface area contributed by atoms with Gasteiger partial charge in [0.05, 0.1) is 12.1 Å². The Balaban J connectivity index is 2.10. The summed E-state index contributed by atoms with van der Waals surface area (Å²) >= 11 is 0. The van der Waals surface area contributed by atoms with Gasteiger partial charge in [0.2, 0.25) is 0 Å². The topological polar surface area (TPSA) is 35.5 Å². The third-order valence-corrected chi connectivity index (χ3v) is 4.14. The number of halogens is 1. The van der Waals surface area contributed by atoms with E-state index >= 15 is 0 Å². The lowest BCUT2D eigenvalue weighted by molar-refractivity contribution is 0.145. The van der Waals surface area contributed by atoms with Crippen LogP contribution in [0.2, 0.25) is 0 Å². The van der Waals surface area contributed by atoms with Crippen LogP contribution < -0.4 is 10.2 Å². The summed E-state index contributed by atoms with van der Waals surface area (Å²) in [5.41, 5.74) is 0.582. The Morgan fingerprint density at radius 3 is 2.75 bits per heavy atom. The van der Waals surface area contributed by atoms with Gasteiger partial charge >= 0.3 is 0 Å². The summed E-state index contributed by atoms with van der Waals surface area (Å²) in [6.07, 6.45) is 3.36. The van der Waals surface area contributed by atoms with Gasteiger partial charge in [-0.2, -0.15) is 0 Å². The third-order valence-electron chi connectivity index (χ3n) is 4.14. The quantitative estimate of drug-likeness (QED) is 0.767. The van der Waals surface area contributed by atoms with Gasteiger partial charge < -0.3 is 15.3 Å². The van der Waals surface area contributed by atoms with Crippen molar-refractivity contribution in [3.63, 3.8) is 0 Å². The summed E-state index contributed by atoms with van der Waals surface area (Å²) in [6, 6.07) is 6.61. The number of hydrogen-bond donors (Lipinski definition) is 2. The molecule has 1 aromatic carbocycles. The van der Waals surface area contributed by atoms with E-state index in [1.54, 1.807) is 6.07 Å². The maximum Gasteiger partial charge on any atom is 0.125 e. The lowest BCUT2D eigenvalue weighted by Crippen LogP contribution is -2.57. The first-order chi connectivity index (χ1) is 9.61. The zero-order valence-corrected chi connectivity index (χ0v) is 12.4. The molecule has 2 N–H and O–H groups in total. The molecule has 3 nitrogen and oxygen atoms in total. The zero-order valence-electron chi connectivity index (χ0n) is 12.4. The SMILES string of the molecule is CCCNC(CO)(CN(C)c1cccc(F)c1)C1CC1. The lowest BCUT2D eigenvalue weighted by atomic mass is 9.93. The Hall–Kier alpha value is -1.13. The monoisotopic (exact) mass is 280 g/mol. The van der Waals surface area contributed by atoms with Gasteiger partial charge in [0.15, 0.2) is 0 Å². The van der Waals surface area contributed by atoms with Gasteiger partial charge in [-0.05, 0) is 49.9 Å². The largest absolute Gasteiger partial charge is 0.394 e. The summed E-state index contributed by atoms with van der Waals surface area (Å²) in [5.74, 6) is 0.298. The van der Waals surface area contributed by atoms with Crippen LogP contribution in [0.25, 0.3) is 0 Å². The molecule has 20 heavy (non-hydrogen) atoms. The summed E-state index contributed by atoms with van der Waals surface area (Å²) in [6.45, 7) is 3.83. The average molecular weight is 280 g/mol. The molecule has 0 amide bonds. The number of likely N-dealkylation sites (N-methyl/N-ethyl adjacent to an activating group) is 1. The van der Waals surface area contributed by atoms with E-state index < -0.39 is 0 Å². The fourth-order valence-corrected chi connectivity index (χ4v) is 2.80. The molecule has 0 bridgehead atoms. The summed E-state index contributed by atoms with van der Waals surface area (Å²) < 4.78 is 13.3. The smallest absolute Gasteiger partial charge is 0.125 e. The average Bonchev–Trinajstić information content (AvgIpc) is 3.28. The first-order valence-electron chi connectivity index (χ1n) is 7.44. The molecule has 0 aromatic heterocycles. The number of nitrogens with one attached hydrogen (secondary N) is 1. The Bertz CT molecular complexity index is 436. The van der Waals surface area contributed by atoms with Crippen LogP contribution in [0.4, 0.5) is 10.1 Å². The zero-order chi connectivity index (χ0) is 14.6. The van der Waals surface area contributed by atoms with Crippen molar-refractivity contribution in [1.82, 2.24) is 5.32 Å². The van der Waals surface area contributed by atoms with E-state index in [2.05, 4.69) is 12.2 Å². The van der Waals surface area contributed by atoms with Crippen LogP contribution in [-0.2, 0) is 0 Å². The number of benzene rings is 1. The molecule has 0 spiro atoms. The van der Waals surface area contributed by atoms with Crippen LogP contribution in [0.15, 0.2) is 24.3 Å². The lowest BCUT2D eigenvalue weighted by Gasteiger charge is -2.38. The van der Waals surface area contributed by atoms with E-state index in [0.29, 0.717) is 12.5 Å². The molecular weight excluding hydrogens is 255 g/mol. The Kier molecular flexibility index (Phi) is 5.00. The van der Waals surface area contributed by atoms with E-state index in [1.165, 1.54) is 12.1 Å². The number of aliphatic hydroxyl groups excluding tert-OH is 1. The van der Waals surface area contributed by atoms with Gasteiger partial charge in [-0.1, -0.05) is 13.0 Å². The molecule has 1 aliphatic carbocycles. The van der Waals surface area contributed by atoms with Crippen molar-refractivity contribution in [3.05, 3.63) is 30.1 Å². The minimum absolute atomic E-state index is 0.122. The fourth-order valence-electron chi connectivity index (χ4n) is 2.80. The number of nitrogens with zero attached hydrogens (tertiary/aromatic N) is 1. The Labute approximate surface area is 120 Å². The van der Waals surface area contributed by atoms with E-state index in [4.69, 9.17) is 0 Å². The molecule has 1 aromatic rings. The van der Waals surface area contributed by atoms with Gasteiger partial charge in [-0.25, -0.2) is 4.39 Å². The molecule has 4 heteroatoms. The molecule has 0 aliphatic heterocycles. The van der Waals surface area contributed by atoms with Crippen LogP contribution in [0.3, 0.4) is 0 Å². The highest BCUT2D eigenvalue weighted by atomic mass is 19.1. The normalized spacial score (nSPS) is 17.8.